The van der Waals surface area contributed by atoms with Crippen LogP contribution in [0.25, 0.3) is 5.65 Å². The summed E-state index contributed by atoms with van der Waals surface area (Å²) in [6.07, 6.45) is 0.115. The summed E-state index contributed by atoms with van der Waals surface area (Å²) in [4.78, 5) is 15.8. The number of hydrogen-bond donors (Lipinski definition) is 0. The summed E-state index contributed by atoms with van der Waals surface area (Å²) < 4.78 is 7.38. The third kappa shape index (κ3) is 2.59. The van der Waals surface area contributed by atoms with Crippen LogP contribution in [0.1, 0.15) is 18.3 Å². The number of nitrogens with zero attached hydrogens (tertiary/aromatic N) is 3. The van der Waals surface area contributed by atoms with Gasteiger partial charge in [-0.05, 0) is 42.5 Å². The summed E-state index contributed by atoms with van der Waals surface area (Å²) in [5, 5.41) is 4.70. The van der Waals surface area contributed by atoms with Crippen molar-refractivity contribution in [2.24, 2.45) is 0 Å². The van der Waals surface area contributed by atoms with E-state index in [2.05, 4.69) is 32.7 Å². The fourth-order valence-electron chi connectivity index (χ4n) is 1.56. The average Bonchev–Trinajstić information content (AvgIpc) is 2.57. The molecule has 5 nitrogen and oxygen atoms in total. The molecule has 2 rings (SSSR count). The number of rotatable bonds is 3. The second-order valence-electron chi connectivity index (χ2n) is 3.69. The van der Waals surface area contributed by atoms with Crippen molar-refractivity contribution in [1.29, 1.82) is 0 Å². The Balaban J connectivity index is 2.42. The minimum Gasteiger partial charge on any atom is -0.466 e. The molecule has 0 radical (unpaired) electrons. The molecule has 7 heteroatoms. The number of fused-ring (bicyclic) bond motifs is 1. The van der Waals surface area contributed by atoms with E-state index in [9.17, 15) is 4.79 Å². The van der Waals surface area contributed by atoms with Crippen LogP contribution >= 0.6 is 34.2 Å². The van der Waals surface area contributed by atoms with Gasteiger partial charge in [0, 0.05) is 0 Å². The van der Waals surface area contributed by atoms with Gasteiger partial charge in [0.15, 0.2) is 5.65 Å². The number of aromatic nitrogens is 3. The maximum atomic E-state index is 11.4. The van der Waals surface area contributed by atoms with Crippen LogP contribution in [0.3, 0.4) is 0 Å². The Kier molecular flexibility index (Phi) is 4.06. The lowest BCUT2D eigenvalue weighted by Gasteiger charge is -2.03. The third-order valence-electron chi connectivity index (χ3n) is 2.33. The van der Waals surface area contributed by atoms with Gasteiger partial charge in [0.25, 0.3) is 0 Å². The Morgan fingerprint density at radius 2 is 2.33 bits per heavy atom. The van der Waals surface area contributed by atoms with E-state index in [0.29, 0.717) is 23.1 Å². The van der Waals surface area contributed by atoms with Crippen molar-refractivity contribution >= 4 is 45.8 Å². The van der Waals surface area contributed by atoms with Crippen molar-refractivity contribution in [3.8, 4) is 0 Å². The van der Waals surface area contributed by atoms with Crippen molar-refractivity contribution < 1.29 is 9.53 Å². The first-order valence-corrected chi connectivity index (χ1v) is 6.84. The fraction of sp³-hybridized carbons (Fsp3) is 0.364. The Hall–Kier alpha value is -0.890. The summed E-state index contributed by atoms with van der Waals surface area (Å²) in [7, 11) is 0. The van der Waals surface area contributed by atoms with E-state index >= 15 is 0 Å². The zero-order chi connectivity index (χ0) is 13.3. The molecule has 0 amide bonds. The molecule has 0 aliphatic rings. The molecule has 2 aromatic rings. The van der Waals surface area contributed by atoms with E-state index in [4.69, 9.17) is 16.3 Å². The Bertz CT molecular complexity index is 612. The van der Waals surface area contributed by atoms with Crippen molar-refractivity contribution in [3.63, 3.8) is 0 Å². The maximum Gasteiger partial charge on any atom is 0.311 e. The van der Waals surface area contributed by atoms with Crippen LogP contribution in [-0.2, 0) is 16.0 Å². The molecule has 0 N–H and O–H groups in total. The smallest absolute Gasteiger partial charge is 0.311 e. The van der Waals surface area contributed by atoms with Gasteiger partial charge < -0.3 is 4.74 Å². The molecule has 0 aromatic carbocycles. The highest BCUT2D eigenvalue weighted by Crippen LogP contribution is 2.20. The molecule has 0 unspecified atom stereocenters. The van der Waals surface area contributed by atoms with Gasteiger partial charge in [0.05, 0.1) is 28.0 Å². The van der Waals surface area contributed by atoms with E-state index in [-0.39, 0.29) is 12.4 Å². The molecular formula is C11H11ClIN3O2. The predicted octanol–water partition coefficient (Wildman–Crippen LogP) is 2.40. The van der Waals surface area contributed by atoms with Crippen molar-refractivity contribution in [1.82, 2.24) is 14.6 Å². The van der Waals surface area contributed by atoms with E-state index in [0.717, 1.165) is 9.26 Å². The lowest BCUT2D eigenvalue weighted by molar-refractivity contribution is -0.142. The normalized spacial score (nSPS) is 10.9. The summed E-state index contributed by atoms with van der Waals surface area (Å²) in [6, 6.07) is 1.63. The molecule has 96 valence electrons. The largest absolute Gasteiger partial charge is 0.466 e. The maximum absolute atomic E-state index is 11.4. The summed E-state index contributed by atoms with van der Waals surface area (Å²) >= 11 is 8.27. The first kappa shape index (κ1) is 13.5. The lowest BCUT2D eigenvalue weighted by Crippen LogP contribution is -2.09. The van der Waals surface area contributed by atoms with Gasteiger partial charge in [-0.3, -0.25) is 4.79 Å². The molecule has 0 spiro atoms. The van der Waals surface area contributed by atoms with Crippen LogP contribution in [0.5, 0.6) is 0 Å². The van der Waals surface area contributed by atoms with Crippen LogP contribution in [-0.4, -0.2) is 27.2 Å². The van der Waals surface area contributed by atoms with Crippen molar-refractivity contribution in [2.45, 2.75) is 20.3 Å². The summed E-state index contributed by atoms with van der Waals surface area (Å²) in [5.74, 6) is -0.309. The fourth-order valence-corrected chi connectivity index (χ4v) is 2.26. The topological polar surface area (TPSA) is 56.5 Å². The van der Waals surface area contributed by atoms with Gasteiger partial charge in [-0.15, -0.1) is 0 Å². The Labute approximate surface area is 123 Å². The van der Waals surface area contributed by atoms with Gasteiger partial charge in [0.1, 0.15) is 5.15 Å². The first-order chi connectivity index (χ1) is 8.52. The zero-order valence-electron chi connectivity index (χ0n) is 9.91. The van der Waals surface area contributed by atoms with E-state index in [1.807, 2.05) is 6.92 Å². The number of esters is 1. The number of halogens is 2. The average molecular weight is 380 g/mol. The molecule has 0 saturated heterocycles. The van der Waals surface area contributed by atoms with E-state index in [1.54, 1.807) is 17.5 Å². The zero-order valence-corrected chi connectivity index (χ0v) is 12.8. The Morgan fingerprint density at radius 1 is 1.61 bits per heavy atom. The molecule has 0 aliphatic heterocycles. The molecule has 2 aromatic heterocycles. The summed E-state index contributed by atoms with van der Waals surface area (Å²) in [5.41, 5.74) is 2.11. The predicted molar refractivity (Wildman–Crippen MR) is 75.8 cm³/mol. The van der Waals surface area contributed by atoms with Crippen molar-refractivity contribution in [3.05, 3.63) is 26.2 Å². The minimum absolute atomic E-state index is 0.115. The molecule has 0 fully saturated rings. The van der Waals surface area contributed by atoms with Crippen LogP contribution in [0.15, 0.2) is 6.07 Å². The molecular weight excluding hydrogens is 368 g/mol. The van der Waals surface area contributed by atoms with Crippen LogP contribution < -0.4 is 0 Å². The van der Waals surface area contributed by atoms with Crippen LogP contribution in [0.2, 0.25) is 5.15 Å². The summed E-state index contributed by atoms with van der Waals surface area (Å²) in [6.45, 7) is 4.01. The molecule has 0 bridgehead atoms. The molecule has 0 saturated carbocycles. The standard InChI is InChI=1S/C11H11ClIN3O2/c1-3-18-9(17)5-7-4-8(12)16-11(14-7)10(13)6(2)15-16/h4H,3,5H2,1-2H3. The Morgan fingerprint density at radius 3 is 3.00 bits per heavy atom. The highest BCUT2D eigenvalue weighted by Gasteiger charge is 2.14. The van der Waals surface area contributed by atoms with Crippen LogP contribution in [0.4, 0.5) is 0 Å². The molecule has 2 heterocycles. The number of carbonyl (C=O) groups excluding carboxylic acids is 1. The first-order valence-electron chi connectivity index (χ1n) is 5.38. The van der Waals surface area contributed by atoms with Crippen LogP contribution in [0, 0.1) is 10.5 Å². The number of ether oxygens (including phenoxy) is 1. The number of carbonyl (C=O) groups is 1. The minimum atomic E-state index is -0.309. The third-order valence-corrected chi connectivity index (χ3v) is 3.87. The molecule has 18 heavy (non-hydrogen) atoms. The quantitative estimate of drug-likeness (QED) is 0.467. The lowest BCUT2D eigenvalue weighted by atomic mass is 10.3. The van der Waals surface area contributed by atoms with Gasteiger partial charge in [-0.1, -0.05) is 11.6 Å². The SMILES string of the molecule is CCOC(=O)Cc1cc(Cl)n2nc(C)c(I)c2n1. The van der Waals surface area contributed by atoms with Gasteiger partial charge in [-0.2, -0.15) is 5.10 Å². The van der Waals surface area contributed by atoms with Gasteiger partial charge in [-0.25, -0.2) is 9.50 Å². The number of hydrogen-bond acceptors (Lipinski definition) is 4. The highest BCUT2D eigenvalue weighted by atomic mass is 127. The molecule has 0 aliphatic carbocycles. The van der Waals surface area contributed by atoms with Gasteiger partial charge >= 0.3 is 5.97 Å². The number of aryl methyl sites for hydroxylation is 1. The molecule has 0 atom stereocenters. The second kappa shape index (κ2) is 5.40. The van der Waals surface area contributed by atoms with Crippen molar-refractivity contribution in [2.75, 3.05) is 6.61 Å². The van der Waals surface area contributed by atoms with Gasteiger partial charge in [0.2, 0.25) is 0 Å². The second-order valence-corrected chi connectivity index (χ2v) is 5.15. The van der Waals surface area contributed by atoms with E-state index < -0.39 is 0 Å². The monoisotopic (exact) mass is 379 g/mol. The van der Waals surface area contributed by atoms with E-state index in [1.165, 1.54) is 0 Å². The highest BCUT2D eigenvalue weighted by molar-refractivity contribution is 14.1.